The Morgan fingerprint density at radius 1 is 1.61 bits per heavy atom. The first kappa shape index (κ1) is 12.9. The Bertz CT molecular complexity index is 448. The predicted molar refractivity (Wildman–Crippen MR) is 67.5 cm³/mol. The average molecular weight is 250 g/mol. The molecule has 1 aromatic carbocycles. The number of phenols is 1. The number of nitrogens with two attached hydrogens (primary N) is 1. The molecule has 1 atom stereocenters. The SMILES string of the molecule is Cc1c(O)cccc1C(=O)N1CCOC(CN)C1. The standard InChI is InChI=1S/C13H18N2O3/c1-9-11(3-2-4-12(9)16)13(17)15-5-6-18-10(7-14)8-15/h2-4,10,16H,5-8,14H2,1H3. The molecule has 0 aliphatic carbocycles. The smallest absolute Gasteiger partial charge is 0.254 e. The van der Waals surface area contributed by atoms with Crippen molar-refractivity contribution in [3.63, 3.8) is 0 Å². The zero-order chi connectivity index (χ0) is 13.1. The maximum Gasteiger partial charge on any atom is 0.254 e. The molecule has 2 rings (SSSR count). The first-order valence-corrected chi connectivity index (χ1v) is 6.03. The van der Waals surface area contributed by atoms with Crippen LogP contribution in [0, 0.1) is 6.92 Å². The van der Waals surface area contributed by atoms with Crippen LogP contribution in [0.2, 0.25) is 0 Å². The lowest BCUT2D eigenvalue weighted by molar-refractivity contribution is -0.0167. The first-order valence-electron chi connectivity index (χ1n) is 6.03. The van der Waals surface area contributed by atoms with Gasteiger partial charge < -0.3 is 20.5 Å². The van der Waals surface area contributed by atoms with E-state index in [9.17, 15) is 9.90 Å². The Hall–Kier alpha value is -1.59. The van der Waals surface area contributed by atoms with Crippen LogP contribution >= 0.6 is 0 Å². The molecule has 1 aliphatic heterocycles. The van der Waals surface area contributed by atoms with Crippen molar-refractivity contribution in [3.05, 3.63) is 29.3 Å². The molecule has 1 amide bonds. The van der Waals surface area contributed by atoms with Crippen LogP contribution in [0.4, 0.5) is 0 Å². The molecule has 0 spiro atoms. The number of nitrogens with zero attached hydrogens (tertiary/aromatic N) is 1. The molecule has 3 N–H and O–H groups in total. The Labute approximate surface area is 106 Å². The summed E-state index contributed by atoms with van der Waals surface area (Å²) in [6.45, 7) is 3.71. The van der Waals surface area contributed by atoms with E-state index in [2.05, 4.69) is 0 Å². The highest BCUT2D eigenvalue weighted by Crippen LogP contribution is 2.21. The highest BCUT2D eigenvalue weighted by atomic mass is 16.5. The van der Waals surface area contributed by atoms with E-state index in [-0.39, 0.29) is 17.8 Å². The van der Waals surface area contributed by atoms with Crippen LogP contribution in [0.3, 0.4) is 0 Å². The average Bonchev–Trinajstić information content (AvgIpc) is 2.41. The van der Waals surface area contributed by atoms with Crippen LogP contribution in [0.25, 0.3) is 0 Å². The van der Waals surface area contributed by atoms with Gasteiger partial charge in [-0.2, -0.15) is 0 Å². The third-order valence-corrected chi connectivity index (χ3v) is 3.22. The van der Waals surface area contributed by atoms with Gasteiger partial charge in [-0.05, 0) is 19.1 Å². The topological polar surface area (TPSA) is 75.8 Å². The van der Waals surface area contributed by atoms with E-state index < -0.39 is 0 Å². The maximum atomic E-state index is 12.4. The number of morpholine rings is 1. The molecule has 0 bridgehead atoms. The summed E-state index contributed by atoms with van der Waals surface area (Å²) >= 11 is 0. The number of benzene rings is 1. The van der Waals surface area contributed by atoms with Crippen molar-refractivity contribution in [2.45, 2.75) is 13.0 Å². The van der Waals surface area contributed by atoms with Gasteiger partial charge in [0.15, 0.2) is 0 Å². The summed E-state index contributed by atoms with van der Waals surface area (Å²) in [5.41, 5.74) is 6.70. The number of ether oxygens (including phenoxy) is 1. The van der Waals surface area contributed by atoms with Crippen LogP contribution in [0.5, 0.6) is 5.75 Å². The van der Waals surface area contributed by atoms with E-state index in [1.807, 2.05) is 0 Å². The quantitative estimate of drug-likeness (QED) is 0.801. The number of carbonyl (C=O) groups excluding carboxylic acids is 1. The predicted octanol–water partition coefficient (Wildman–Crippen LogP) is 0.500. The third-order valence-electron chi connectivity index (χ3n) is 3.22. The Kier molecular flexibility index (Phi) is 3.84. The van der Waals surface area contributed by atoms with Crippen LogP contribution in [0.15, 0.2) is 18.2 Å². The molecule has 1 aliphatic rings. The summed E-state index contributed by atoms with van der Waals surface area (Å²) in [6.07, 6.45) is -0.0969. The second kappa shape index (κ2) is 5.37. The normalized spacial score (nSPS) is 19.9. The molecule has 0 saturated carbocycles. The van der Waals surface area contributed by atoms with Crippen molar-refractivity contribution in [2.75, 3.05) is 26.2 Å². The summed E-state index contributed by atoms with van der Waals surface area (Å²) in [5.74, 6) is 0.0645. The van der Waals surface area contributed by atoms with Crippen molar-refractivity contribution in [3.8, 4) is 5.75 Å². The van der Waals surface area contributed by atoms with Crippen LogP contribution < -0.4 is 5.73 Å². The minimum atomic E-state index is -0.0969. The molecule has 1 aromatic rings. The monoisotopic (exact) mass is 250 g/mol. The van der Waals surface area contributed by atoms with E-state index in [4.69, 9.17) is 10.5 Å². The lowest BCUT2D eigenvalue weighted by atomic mass is 10.1. The number of hydrogen-bond donors (Lipinski definition) is 2. The van der Waals surface area contributed by atoms with Gasteiger partial charge in [-0.1, -0.05) is 6.07 Å². The fraction of sp³-hybridized carbons (Fsp3) is 0.462. The molecule has 1 heterocycles. The van der Waals surface area contributed by atoms with E-state index in [0.717, 1.165) is 0 Å². The number of aromatic hydroxyl groups is 1. The summed E-state index contributed by atoms with van der Waals surface area (Å²) < 4.78 is 5.43. The van der Waals surface area contributed by atoms with Crippen molar-refractivity contribution in [1.29, 1.82) is 0 Å². The van der Waals surface area contributed by atoms with Crippen LogP contribution in [-0.4, -0.2) is 48.3 Å². The summed E-state index contributed by atoms with van der Waals surface area (Å²) in [7, 11) is 0. The van der Waals surface area contributed by atoms with Gasteiger partial charge in [0, 0.05) is 30.8 Å². The maximum absolute atomic E-state index is 12.4. The second-order valence-corrected chi connectivity index (χ2v) is 4.43. The minimum Gasteiger partial charge on any atom is -0.508 e. The van der Waals surface area contributed by atoms with Gasteiger partial charge in [-0.3, -0.25) is 4.79 Å². The van der Waals surface area contributed by atoms with Crippen LogP contribution in [-0.2, 0) is 4.74 Å². The minimum absolute atomic E-state index is 0.0786. The zero-order valence-electron chi connectivity index (χ0n) is 10.4. The third kappa shape index (κ3) is 2.47. The van der Waals surface area contributed by atoms with Gasteiger partial charge in [0.05, 0.1) is 12.7 Å². The Morgan fingerprint density at radius 2 is 2.39 bits per heavy atom. The van der Waals surface area contributed by atoms with Crippen LogP contribution in [0.1, 0.15) is 15.9 Å². The zero-order valence-corrected chi connectivity index (χ0v) is 10.4. The Morgan fingerprint density at radius 3 is 3.11 bits per heavy atom. The molecule has 1 fully saturated rings. The lowest BCUT2D eigenvalue weighted by Crippen LogP contribution is -2.48. The number of amides is 1. The summed E-state index contributed by atoms with van der Waals surface area (Å²) in [6, 6.07) is 4.98. The van der Waals surface area contributed by atoms with E-state index in [1.165, 1.54) is 0 Å². The molecular weight excluding hydrogens is 232 g/mol. The molecule has 18 heavy (non-hydrogen) atoms. The van der Waals surface area contributed by atoms with Crippen molar-refractivity contribution in [2.24, 2.45) is 5.73 Å². The summed E-state index contributed by atoms with van der Waals surface area (Å²) in [5, 5.41) is 9.63. The number of carbonyl (C=O) groups is 1. The molecule has 1 saturated heterocycles. The Balaban J connectivity index is 2.18. The molecule has 0 radical (unpaired) electrons. The van der Waals surface area contributed by atoms with Gasteiger partial charge in [0.25, 0.3) is 5.91 Å². The summed E-state index contributed by atoms with van der Waals surface area (Å²) in [4.78, 5) is 14.1. The van der Waals surface area contributed by atoms with Crippen molar-refractivity contribution in [1.82, 2.24) is 4.90 Å². The van der Waals surface area contributed by atoms with Gasteiger partial charge >= 0.3 is 0 Å². The van der Waals surface area contributed by atoms with E-state index in [0.29, 0.717) is 37.4 Å². The molecule has 98 valence electrons. The second-order valence-electron chi connectivity index (χ2n) is 4.43. The van der Waals surface area contributed by atoms with E-state index in [1.54, 1.807) is 30.0 Å². The molecule has 1 unspecified atom stereocenters. The highest BCUT2D eigenvalue weighted by Gasteiger charge is 2.25. The molecule has 5 heteroatoms. The van der Waals surface area contributed by atoms with Gasteiger partial charge in [0.1, 0.15) is 5.75 Å². The number of rotatable bonds is 2. The molecule has 0 aromatic heterocycles. The van der Waals surface area contributed by atoms with Crippen molar-refractivity contribution >= 4 is 5.91 Å². The molecular formula is C13H18N2O3. The first-order chi connectivity index (χ1) is 8.63. The van der Waals surface area contributed by atoms with Gasteiger partial charge in [-0.25, -0.2) is 0 Å². The van der Waals surface area contributed by atoms with Gasteiger partial charge in [-0.15, -0.1) is 0 Å². The fourth-order valence-electron chi connectivity index (χ4n) is 2.07. The van der Waals surface area contributed by atoms with Gasteiger partial charge in [0.2, 0.25) is 0 Å². The van der Waals surface area contributed by atoms with Crippen molar-refractivity contribution < 1.29 is 14.6 Å². The lowest BCUT2D eigenvalue weighted by Gasteiger charge is -2.32. The largest absolute Gasteiger partial charge is 0.508 e. The van der Waals surface area contributed by atoms with E-state index >= 15 is 0 Å². The highest BCUT2D eigenvalue weighted by molar-refractivity contribution is 5.96. The molecule has 5 nitrogen and oxygen atoms in total. The number of hydrogen-bond acceptors (Lipinski definition) is 4. The fourth-order valence-corrected chi connectivity index (χ4v) is 2.07. The number of phenolic OH excluding ortho intramolecular Hbond substituents is 1.